The highest BCUT2D eigenvalue weighted by Gasteiger charge is 2.18. The van der Waals surface area contributed by atoms with Crippen LogP contribution in [0.25, 0.3) is 0 Å². The first kappa shape index (κ1) is 32.1. The molecule has 3 aromatic rings. The number of aromatic nitrogens is 3. The highest BCUT2D eigenvalue weighted by Crippen LogP contribution is 2.28. The van der Waals surface area contributed by atoms with E-state index >= 15 is 0 Å². The predicted octanol–water partition coefficient (Wildman–Crippen LogP) is 4.33. The highest BCUT2D eigenvalue weighted by atomic mass is 19.1. The summed E-state index contributed by atoms with van der Waals surface area (Å²) >= 11 is 0. The average Bonchev–Trinajstić information content (AvgIpc) is 3.02. The lowest BCUT2D eigenvalue weighted by molar-refractivity contribution is 0.0511. The number of nitrogens with zero attached hydrogens (tertiary/aromatic N) is 3. The van der Waals surface area contributed by atoms with Crippen molar-refractivity contribution in [1.29, 1.82) is 0 Å². The van der Waals surface area contributed by atoms with Gasteiger partial charge in [-0.3, -0.25) is 4.79 Å². The molecule has 0 saturated heterocycles. The molecule has 0 atom stereocenters. The summed E-state index contributed by atoms with van der Waals surface area (Å²) in [5.41, 5.74) is 7.52. The van der Waals surface area contributed by atoms with Crippen LogP contribution in [0.4, 0.5) is 27.9 Å². The van der Waals surface area contributed by atoms with E-state index in [0.29, 0.717) is 75.4 Å². The van der Waals surface area contributed by atoms with Gasteiger partial charge in [-0.1, -0.05) is 31.9 Å². The van der Waals surface area contributed by atoms with Crippen LogP contribution in [0.15, 0.2) is 48.5 Å². The quantitative estimate of drug-likeness (QED) is 0.143. The minimum absolute atomic E-state index is 0.189. The number of carbonyl (C=O) groups excluding carboxylic acids is 1. The molecule has 0 unspecified atom stereocenters. The molecule has 0 aliphatic heterocycles. The summed E-state index contributed by atoms with van der Waals surface area (Å²) in [6.45, 7) is 6.24. The highest BCUT2D eigenvalue weighted by molar-refractivity contribution is 5.94. The van der Waals surface area contributed by atoms with Crippen LogP contribution in [0.5, 0.6) is 0 Å². The van der Waals surface area contributed by atoms with Crippen molar-refractivity contribution in [2.45, 2.75) is 39.2 Å². The van der Waals surface area contributed by atoms with Crippen molar-refractivity contribution >= 4 is 29.4 Å². The van der Waals surface area contributed by atoms with Crippen LogP contribution >= 0.6 is 0 Å². The van der Waals surface area contributed by atoms with Crippen molar-refractivity contribution in [3.63, 3.8) is 0 Å². The standard InChI is InChI=1S/C31H43FN8O3/c1-22-2-4-23(5-3-22)20-35-29-38-30(36-21-24-6-10-26(32)11-7-24)40-31(39-29)37-27-12-8-25(9-13-27)28(41)34-15-17-43-19-18-42-16-14-33/h6-13,22-23H,2-5,14-21,33H2,1H3,(H,34,41)(H3,35,36,37,38,39,40). The molecule has 12 heteroatoms. The molecule has 11 nitrogen and oxygen atoms in total. The zero-order chi connectivity index (χ0) is 30.3. The monoisotopic (exact) mass is 594 g/mol. The molecule has 1 fully saturated rings. The lowest BCUT2D eigenvalue weighted by Gasteiger charge is -2.26. The van der Waals surface area contributed by atoms with Crippen LogP contribution in [0, 0.1) is 17.7 Å². The summed E-state index contributed by atoms with van der Waals surface area (Å²) in [6.07, 6.45) is 4.87. The van der Waals surface area contributed by atoms with Crippen molar-refractivity contribution in [2.24, 2.45) is 17.6 Å². The van der Waals surface area contributed by atoms with Crippen LogP contribution in [-0.4, -0.2) is 66.9 Å². The zero-order valence-corrected chi connectivity index (χ0v) is 24.8. The maximum Gasteiger partial charge on any atom is 0.251 e. The second-order valence-electron chi connectivity index (χ2n) is 10.8. The van der Waals surface area contributed by atoms with E-state index in [1.165, 1.54) is 37.8 Å². The topological polar surface area (TPSA) is 148 Å². The molecule has 232 valence electrons. The van der Waals surface area contributed by atoms with Crippen molar-refractivity contribution in [3.05, 3.63) is 65.5 Å². The molecule has 0 spiro atoms. The van der Waals surface area contributed by atoms with Crippen LogP contribution in [0.3, 0.4) is 0 Å². The number of ether oxygens (including phenoxy) is 2. The smallest absolute Gasteiger partial charge is 0.251 e. The average molecular weight is 595 g/mol. The van der Waals surface area contributed by atoms with E-state index in [1.807, 2.05) is 0 Å². The van der Waals surface area contributed by atoms with Crippen molar-refractivity contribution in [2.75, 3.05) is 62.0 Å². The Balaban J connectivity index is 1.33. The Labute approximate surface area is 252 Å². The molecule has 43 heavy (non-hydrogen) atoms. The van der Waals surface area contributed by atoms with Gasteiger partial charge in [0.25, 0.3) is 5.91 Å². The third-order valence-electron chi connectivity index (χ3n) is 7.25. The van der Waals surface area contributed by atoms with Gasteiger partial charge in [-0.25, -0.2) is 4.39 Å². The van der Waals surface area contributed by atoms with Gasteiger partial charge in [0.15, 0.2) is 0 Å². The second-order valence-corrected chi connectivity index (χ2v) is 10.8. The molecular formula is C31H43FN8O3. The molecular weight excluding hydrogens is 551 g/mol. The van der Waals surface area contributed by atoms with Crippen molar-refractivity contribution < 1.29 is 18.7 Å². The van der Waals surface area contributed by atoms with Gasteiger partial charge in [0.1, 0.15) is 5.82 Å². The van der Waals surface area contributed by atoms with Crippen LogP contribution in [-0.2, 0) is 16.0 Å². The van der Waals surface area contributed by atoms with E-state index in [9.17, 15) is 9.18 Å². The molecule has 1 heterocycles. The van der Waals surface area contributed by atoms with Crippen LogP contribution in [0.1, 0.15) is 48.5 Å². The molecule has 0 bridgehead atoms. The van der Waals surface area contributed by atoms with Crippen molar-refractivity contribution in [3.8, 4) is 0 Å². The molecule has 1 amide bonds. The summed E-state index contributed by atoms with van der Waals surface area (Å²) in [4.78, 5) is 26.2. The SMILES string of the molecule is CC1CCC(CNc2nc(NCc3ccc(F)cc3)nc(Nc3ccc(C(=O)NCCOCCOCCN)cc3)n2)CC1. The summed E-state index contributed by atoms with van der Waals surface area (Å²) in [5, 5.41) is 12.7. The minimum Gasteiger partial charge on any atom is -0.378 e. The number of benzene rings is 2. The maximum atomic E-state index is 13.3. The van der Waals surface area contributed by atoms with Gasteiger partial charge < -0.3 is 36.5 Å². The summed E-state index contributed by atoms with van der Waals surface area (Å²) in [6, 6.07) is 13.3. The summed E-state index contributed by atoms with van der Waals surface area (Å²) in [5.74, 6) is 2.13. The number of anilines is 4. The lowest BCUT2D eigenvalue weighted by Crippen LogP contribution is -2.27. The van der Waals surface area contributed by atoms with Gasteiger partial charge >= 0.3 is 0 Å². The lowest BCUT2D eigenvalue weighted by atomic mass is 9.83. The van der Waals surface area contributed by atoms with Gasteiger partial charge in [-0.05, 0) is 66.6 Å². The number of rotatable bonds is 17. The molecule has 6 N–H and O–H groups in total. The third kappa shape index (κ3) is 11.4. The van der Waals surface area contributed by atoms with Gasteiger partial charge in [0.05, 0.1) is 26.4 Å². The number of nitrogens with two attached hydrogens (primary N) is 1. The number of nitrogens with one attached hydrogen (secondary N) is 4. The Kier molecular flexibility index (Phi) is 12.9. The first-order chi connectivity index (χ1) is 21.0. The number of hydrogen-bond acceptors (Lipinski definition) is 10. The van der Waals surface area contributed by atoms with Gasteiger partial charge in [0.2, 0.25) is 17.8 Å². The molecule has 4 rings (SSSR count). The zero-order valence-electron chi connectivity index (χ0n) is 24.8. The number of amides is 1. The molecule has 1 saturated carbocycles. The third-order valence-corrected chi connectivity index (χ3v) is 7.25. The first-order valence-electron chi connectivity index (χ1n) is 15.0. The molecule has 0 radical (unpaired) electrons. The largest absolute Gasteiger partial charge is 0.378 e. The molecule has 1 aromatic heterocycles. The minimum atomic E-state index is -0.281. The van der Waals surface area contributed by atoms with E-state index in [-0.39, 0.29) is 11.7 Å². The molecule has 1 aliphatic rings. The Morgan fingerprint density at radius 1 is 0.860 bits per heavy atom. The fourth-order valence-electron chi connectivity index (χ4n) is 4.72. The summed E-state index contributed by atoms with van der Waals surface area (Å²) < 4.78 is 24.0. The normalized spacial score (nSPS) is 16.4. The van der Waals surface area contributed by atoms with E-state index in [1.54, 1.807) is 36.4 Å². The van der Waals surface area contributed by atoms with Crippen molar-refractivity contribution in [1.82, 2.24) is 20.3 Å². The van der Waals surface area contributed by atoms with Crippen LogP contribution < -0.4 is 27.0 Å². The summed E-state index contributed by atoms with van der Waals surface area (Å²) in [7, 11) is 0. The number of hydrogen-bond donors (Lipinski definition) is 5. The van der Waals surface area contributed by atoms with Gasteiger partial charge in [-0.15, -0.1) is 0 Å². The predicted molar refractivity (Wildman–Crippen MR) is 166 cm³/mol. The van der Waals surface area contributed by atoms with E-state index < -0.39 is 0 Å². The maximum absolute atomic E-state index is 13.3. The molecule has 1 aliphatic carbocycles. The van der Waals surface area contributed by atoms with Crippen LogP contribution in [0.2, 0.25) is 0 Å². The Morgan fingerprint density at radius 2 is 1.51 bits per heavy atom. The van der Waals surface area contributed by atoms with E-state index in [2.05, 4.69) is 43.1 Å². The fraction of sp³-hybridized carbons (Fsp3) is 0.484. The first-order valence-corrected chi connectivity index (χ1v) is 15.0. The van der Waals surface area contributed by atoms with E-state index in [4.69, 9.17) is 15.2 Å². The fourth-order valence-corrected chi connectivity index (χ4v) is 4.72. The number of carbonyl (C=O) groups is 1. The molecule has 2 aromatic carbocycles. The second kappa shape index (κ2) is 17.3. The van der Waals surface area contributed by atoms with Gasteiger partial charge in [-0.2, -0.15) is 15.0 Å². The van der Waals surface area contributed by atoms with Gasteiger partial charge in [0, 0.05) is 37.4 Å². The Bertz CT molecular complexity index is 1250. The Morgan fingerprint density at radius 3 is 2.21 bits per heavy atom. The number of halogens is 1. The van der Waals surface area contributed by atoms with E-state index in [0.717, 1.165) is 23.7 Å². The Hall–Kier alpha value is -3.87.